The lowest BCUT2D eigenvalue weighted by Crippen LogP contribution is -2.46. The quantitative estimate of drug-likeness (QED) is 0.758. The van der Waals surface area contributed by atoms with Crippen molar-refractivity contribution in [3.8, 4) is 0 Å². The van der Waals surface area contributed by atoms with Crippen LogP contribution >= 0.6 is 0 Å². The van der Waals surface area contributed by atoms with E-state index in [0.717, 1.165) is 65.4 Å². The molecule has 2 aliphatic heterocycles. The minimum absolute atomic E-state index is 0.0447. The van der Waals surface area contributed by atoms with E-state index in [-0.39, 0.29) is 11.0 Å². The Labute approximate surface area is 159 Å². The summed E-state index contributed by atoms with van der Waals surface area (Å²) < 4.78 is 11.5. The van der Waals surface area contributed by atoms with Gasteiger partial charge in [-0.2, -0.15) is 0 Å². The first-order valence-corrected chi connectivity index (χ1v) is 10.2. The van der Waals surface area contributed by atoms with Crippen LogP contribution in [0.15, 0.2) is 24.3 Å². The highest BCUT2D eigenvalue weighted by Crippen LogP contribution is 2.43. The molecule has 26 heavy (non-hydrogen) atoms. The van der Waals surface area contributed by atoms with Gasteiger partial charge in [0, 0.05) is 38.2 Å². The molecule has 0 amide bonds. The minimum atomic E-state index is -0.0447. The second-order valence-corrected chi connectivity index (χ2v) is 8.64. The zero-order chi connectivity index (χ0) is 18.5. The number of rotatable bonds is 7. The zero-order valence-electron chi connectivity index (χ0n) is 16.9. The SMILES string of the molecule is Cc1ccc([C@@]2(CCNCCN3CCOCC3)CCOC(C)(C)C2)cc1. The van der Waals surface area contributed by atoms with Gasteiger partial charge in [-0.05, 0) is 52.1 Å². The highest BCUT2D eigenvalue weighted by atomic mass is 16.5. The van der Waals surface area contributed by atoms with Gasteiger partial charge in [0.15, 0.2) is 0 Å². The molecule has 3 rings (SSSR count). The summed E-state index contributed by atoms with van der Waals surface area (Å²) in [5, 5.41) is 3.69. The third-order valence-corrected chi connectivity index (χ3v) is 5.99. The summed E-state index contributed by atoms with van der Waals surface area (Å²) in [6.45, 7) is 14.6. The minimum Gasteiger partial charge on any atom is -0.379 e. The van der Waals surface area contributed by atoms with Crippen molar-refractivity contribution in [1.29, 1.82) is 0 Å². The Morgan fingerprint density at radius 2 is 1.77 bits per heavy atom. The van der Waals surface area contributed by atoms with E-state index >= 15 is 0 Å². The van der Waals surface area contributed by atoms with Gasteiger partial charge in [-0.15, -0.1) is 0 Å². The molecular weight excluding hydrogens is 324 g/mol. The maximum absolute atomic E-state index is 6.03. The van der Waals surface area contributed by atoms with E-state index < -0.39 is 0 Å². The van der Waals surface area contributed by atoms with Crippen LogP contribution in [-0.2, 0) is 14.9 Å². The average molecular weight is 361 g/mol. The highest BCUT2D eigenvalue weighted by molar-refractivity contribution is 5.30. The van der Waals surface area contributed by atoms with Crippen LogP contribution in [0.25, 0.3) is 0 Å². The number of benzene rings is 1. The molecule has 2 saturated heterocycles. The molecule has 2 heterocycles. The predicted molar refractivity (Wildman–Crippen MR) is 107 cm³/mol. The molecule has 0 aromatic heterocycles. The van der Waals surface area contributed by atoms with Crippen molar-refractivity contribution in [2.24, 2.45) is 0 Å². The number of aryl methyl sites for hydroxylation is 1. The van der Waals surface area contributed by atoms with Gasteiger partial charge < -0.3 is 14.8 Å². The van der Waals surface area contributed by atoms with Crippen LogP contribution in [0.2, 0.25) is 0 Å². The molecule has 0 aliphatic carbocycles. The molecule has 0 radical (unpaired) electrons. The monoisotopic (exact) mass is 360 g/mol. The van der Waals surface area contributed by atoms with E-state index in [1.807, 2.05) is 0 Å². The second kappa shape index (κ2) is 8.83. The fourth-order valence-electron chi connectivity index (χ4n) is 4.50. The number of hydrogen-bond donors (Lipinski definition) is 1. The molecule has 146 valence electrons. The van der Waals surface area contributed by atoms with E-state index in [1.165, 1.54) is 17.5 Å². The van der Waals surface area contributed by atoms with E-state index in [1.54, 1.807) is 0 Å². The normalized spacial score (nSPS) is 26.7. The Balaban J connectivity index is 1.56. The topological polar surface area (TPSA) is 33.7 Å². The van der Waals surface area contributed by atoms with Crippen LogP contribution in [0.3, 0.4) is 0 Å². The average Bonchev–Trinajstić information content (AvgIpc) is 2.62. The van der Waals surface area contributed by atoms with Gasteiger partial charge >= 0.3 is 0 Å². The largest absolute Gasteiger partial charge is 0.379 e. The first-order chi connectivity index (χ1) is 12.5. The predicted octanol–water partition coefficient (Wildman–Crippen LogP) is 3.13. The third-order valence-electron chi connectivity index (χ3n) is 5.99. The molecule has 1 aromatic rings. The Morgan fingerprint density at radius 1 is 1.04 bits per heavy atom. The van der Waals surface area contributed by atoms with Gasteiger partial charge in [-0.25, -0.2) is 0 Å². The molecule has 4 nitrogen and oxygen atoms in total. The molecule has 0 spiro atoms. The lowest BCUT2D eigenvalue weighted by molar-refractivity contribution is -0.0840. The molecule has 2 fully saturated rings. The van der Waals surface area contributed by atoms with Gasteiger partial charge in [0.05, 0.1) is 18.8 Å². The summed E-state index contributed by atoms with van der Waals surface area (Å²) in [4.78, 5) is 2.49. The standard InChI is InChI=1S/C22H36N2O2/c1-19-4-6-20(7-5-19)22(9-15-26-21(2,3)18-22)8-10-23-11-12-24-13-16-25-17-14-24/h4-7,23H,8-18H2,1-3H3/t22-/m0/s1. The van der Waals surface area contributed by atoms with E-state index in [4.69, 9.17) is 9.47 Å². The van der Waals surface area contributed by atoms with Crippen LogP contribution in [-0.4, -0.2) is 63.0 Å². The number of nitrogens with zero attached hydrogens (tertiary/aromatic N) is 1. The maximum Gasteiger partial charge on any atom is 0.0635 e. The summed E-state index contributed by atoms with van der Waals surface area (Å²) in [6.07, 6.45) is 3.38. The molecule has 1 atom stereocenters. The van der Waals surface area contributed by atoms with Gasteiger partial charge in [0.1, 0.15) is 0 Å². The number of hydrogen-bond acceptors (Lipinski definition) is 4. The molecule has 4 heteroatoms. The van der Waals surface area contributed by atoms with Crippen molar-refractivity contribution in [2.75, 3.05) is 52.5 Å². The van der Waals surface area contributed by atoms with Crippen molar-refractivity contribution >= 4 is 0 Å². The fraction of sp³-hybridized carbons (Fsp3) is 0.727. The highest BCUT2D eigenvalue weighted by Gasteiger charge is 2.41. The summed E-state index contributed by atoms with van der Waals surface area (Å²) >= 11 is 0. The number of morpholine rings is 1. The van der Waals surface area contributed by atoms with Crippen LogP contribution in [0.5, 0.6) is 0 Å². The molecule has 0 bridgehead atoms. The van der Waals surface area contributed by atoms with E-state index in [9.17, 15) is 0 Å². The van der Waals surface area contributed by atoms with Crippen LogP contribution in [0.4, 0.5) is 0 Å². The molecule has 1 aromatic carbocycles. The van der Waals surface area contributed by atoms with Crippen molar-refractivity contribution < 1.29 is 9.47 Å². The summed E-state index contributed by atoms with van der Waals surface area (Å²) in [5.41, 5.74) is 2.99. The summed E-state index contributed by atoms with van der Waals surface area (Å²) in [7, 11) is 0. The van der Waals surface area contributed by atoms with Crippen molar-refractivity contribution in [3.05, 3.63) is 35.4 Å². The first kappa shape index (κ1) is 19.8. The van der Waals surface area contributed by atoms with Crippen LogP contribution in [0, 0.1) is 6.92 Å². The molecule has 1 N–H and O–H groups in total. The Hall–Kier alpha value is -0.940. The van der Waals surface area contributed by atoms with Crippen molar-refractivity contribution in [3.63, 3.8) is 0 Å². The zero-order valence-corrected chi connectivity index (χ0v) is 16.9. The maximum atomic E-state index is 6.03. The lowest BCUT2D eigenvalue weighted by Gasteiger charge is -2.45. The fourth-order valence-corrected chi connectivity index (χ4v) is 4.50. The summed E-state index contributed by atoms with van der Waals surface area (Å²) in [6, 6.07) is 9.19. The smallest absolute Gasteiger partial charge is 0.0635 e. The van der Waals surface area contributed by atoms with Crippen molar-refractivity contribution in [1.82, 2.24) is 10.2 Å². The number of ether oxygens (including phenoxy) is 2. The first-order valence-electron chi connectivity index (χ1n) is 10.2. The van der Waals surface area contributed by atoms with E-state index in [2.05, 4.69) is 55.3 Å². The van der Waals surface area contributed by atoms with Gasteiger partial charge in [0.2, 0.25) is 0 Å². The Bertz CT molecular complexity index is 552. The van der Waals surface area contributed by atoms with Crippen LogP contribution in [0.1, 0.15) is 44.2 Å². The van der Waals surface area contributed by atoms with Crippen LogP contribution < -0.4 is 5.32 Å². The molecule has 0 saturated carbocycles. The third kappa shape index (κ3) is 5.29. The molecular formula is C22H36N2O2. The Kier molecular flexibility index (Phi) is 6.73. The van der Waals surface area contributed by atoms with Gasteiger partial charge in [-0.3, -0.25) is 4.90 Å². The molecule has 0 unspecified atom stereocenters. The second-order valence-electron chi connectivity index (χ2n) is 8.64. The number of nitrogens with one attached hydrogen (secondary N) is 1. The van der Waals surface area contributed by atoms with Crippen molar-refractivity contribution in [2.45, 2.75) is 51.0 Å². The summed E-state index contributed by atoms with van der Waals surface area (Å²) in [5.74, 6) is 0. The van der Waals surface area contributed by atoms with E-state index in [0.29, 0.717) is 0 Å². The van der Waals surface area contributed by atoms with Gasteiger partial charge in [-0.1, -0.05) is 29.8 Å². The van der Waals surface area contributed by atoms with Gasteiger partial charge in [0.25, 0.3) is 0 Å². The Morgan fingerprint density at radius 3 is 2.46 bits per heavy atom. The molecule has 2 aliphatic rings. The lowest BCUT2D eigenvalue weighted by atomic mass is 9.67.